The van der Waals surface area contributed by atoms with Crippen LogP contribution in [0.3, 0.4) is 0 Å². The molecule has 0 aliphatic heterocycles. The van der Waals surface area contributed by atoms with E-state index < -0.39 is 11.9 Å². The van der Waals surface area contributed by atoms with Gasteiger partial charge in [-0.1, -0.05) is 12.1 Å². The molecule has 3 aromatic carbocycles. The maximum atomic E-state index is 12.6. The Balaban J connectivity index is 1.72. The fraction of sp³-hybridized carbons (Fsp3) is 0.0435. The first kappa shape index (κ1) is 20.3. The average molecular weight is 399 g/mol. The summed E-state index contributed by atoms with van der Waals surface area (Å²) in [5.74, 6) is -1.32. The van der Waals surface area contributed by atoms with E-state index in [9.17, 15) is 14.4 Å². The second kappa shape index (κ2) is 9.17. The molecule has 2 amide bonds. The number of nitrogens with zero attached hydrogens (tertiary/aromatic N) is 1. The van der Waals surface area contributed by atoms with Crippen molar-refractivity contribution in [3.63, 3.8) is 0 Å². The molecule has 30 heavy (non-hydrogen) atoms. The molecule has 0 aliphatic carbocycles. The third-order valence-electron chi connectivity index (χ3n) is 4.20. The molecule has 0 heterocycles. The van der Waals surface area contributed by atoms with Crippen LogP contribution < -0.4 is 10.6 Å². The van der Waals surface area contributed by atoms with E-state index in [0.717, 1.165) is 0 Å². The molecule has 148 valence electrons. The van der Waals surface area contributed by atoms with Crippen LogP contribution in [0.2, 0.25) is 0 Å². The van der Waals surface area contributed by atoms with E-state index in [1.165, 1.54) is 19.2 Å². The number of benzene rings is 3. The Hall–Kier alpha value is -4.44. The van der Waals surface area contributed by atoms with Gasteiger partial charge in [0.15, 0.2) is 0 Å². The number of carbonyl (C=O) groups is 3. The molecule has 0 bridgehead atoms. The second-order valence-corrected chi connectivity index (χ2v) is 6.25. The molecule has 0 radical (unpaired) electrons. The van der Waals surface area contributed by atoms with Crippen molar-refractivity contribution in [2.45, 2.75) is 0 Å². The van der Waals surface area contributed by atoms with Crippen LogP contribution in [0.4, 0.5) is 11.4 Å². The van der Waals surface area contributed by atoms with Crippen molar-refractivity contribution < 1.29 is 19.1 Å². The highest BCUT2D eigenvalue weighted by Crippen LogP contribution is 2.15. The highest BCUT2D eigenvalue weighted by atomic mass is 16.5. The number of ether oxygens (including phenoxy) is 1. The average Bonchev–Trinajstić information content (AvgIpc) is 2.79. The van der Waals surface area contributed by atoms with Gasteiger partial charge in [-0.15, -0.1) is 0 Å². The third kappa shape index (κ3) is 4.88. The Morgan fingerprint density at radius 2 is 1.33 bits per heavy atom. The third-order valence-corrected chi connectivity index (χ3v) is 4.20. The van der Waals surface area contributed by atoms with Crippen molar-refractivity contribution in [3.05, 3.63) is 95.1 Å². The van der Waals surface area contributed by atoms with Gasteiger partial charge in [-0.25, -0.2) is 4.79 Å². The quantitative estimate of drug-likeness (QED) is 0.634. The van der Waals surface area contributed by atoms with Crippen LogP contribution in [0.15, 0.2) is 72.8 Å². The number of esters is 1. The molecule has 0 spiro atoms. The van der Waals surface area contributed by atoms with Crippen molar-refractivity contribution in [2.75, 3.05) is 17.7 Å². The van der Waals surface area contributed by atoms with Crippen molar-refractivity contribution in [1.82, 2.24) is 0 Å². The molecule has 7 heteroatoms. The fourth-order valence-corrected chi connectivity index (χ4v) is 2.68. The van der Waals surface area contributed by atoms with E-state index in [2.05, 4.69) is 15.4 Å². The molecule has 0 unspecified atom stereocenters. The van der Waals surface area contributed by atoms with Crippen LogP contribution in [-0.4, -0.2) is 24.9 Å². The van der Waals surface area contributed by atoms with E-state index in [1.54, 1.807) is 60.7 Å². The van der Waals surface area contributed by atoms with Gasteiger partial charge in [0.1, 0.15) is 0 Å². The number of methoxy groups -OCH3 is 1. The normalized spacial score (nSPS) is 9.87. The van der Waals surface area contributed by atoms with Crippen molar-refractivity contribution >= 4 is 29.2 Å². The summed E-state index contributed by atoms with van der Waals surface area (Å²) in [6.45, 7) is 0. The van der Waals surface area contributed by atoms with Crippen LogP contribution in [-0.2, 0) is 4.74 Å². The van der Waals surface area contributed by atoms with Gasteiger partial charge in [0.2, 0.25) is 0 Å². The van der Waals surface area contributed by atoms with Gasteiger partial charge in [0.05, 0.1) is 24.3 Å². The van der Waals surface area contributed by atoms with E-state index in [4.69, 9.17) is 5.26 Å². The minimum Gasteiger partial charge on any atom is -0.465 e. The monoisotopic (exact) mass is 399 g/mol. The molecule has 0 atom stereocenters. The summed E-state index contributed by atoms with van der Waals surface area (Å²) in [4.78, 5) is 36.7. The standard InChI is InChI=1S/C23H17N3O4/c1-30-23(29)18-6-3-7-20(13-18)26-22(28)17-5-2-4-16(12-17)21(27)25-19-10-8-15(14-24)9-11-19/h2-13H,1H3,(H,25,27)(H,26,28). The van der Waals surface area contributed by atoms with Crippen LogP contribution in [0.1, 0.15) is 36.6 Å². The summed E-state index contributed by atoms with van der Waals surface area (Å²) in [6, 6.07) is 21.1. The Kier molecular flexibility index (Phi) is 6.20. The summed E-state index contributed by atoms with van der Waals surface area (Å²) in [7, 11) is 1.28. The summed E-state index contributed by atoms with van der Waals surface area (Å²) in [5.41, 5.74) is 2.35. The van der Waals surface area contributed by atoms with E-state index in [0.29, 0.717) is 28.1 Å². The van der Waals surface area contributed by atoms with Crippen molar-refractivity contribution in [1.29, 1.82) is 5.26 Å². The van der Waals surface area contributed by atoms with Crippen LogP contribution in [0, 0.1) is 11.3 Å². The maximum Gasteiger partial charge on any atom is 0.337 e. The predicted molar refractivity (Wildman–Crippen MR) is 111 cm³/mol. The number of anilines is 2. The number of hydrogen-bond acceptors (Lipinski definition) is 5. The molecule has 7 nitrogen and oxygen atoms in total. The van der Waals surface area contributed by atoms with Crippen LogP contribution in [0.25, 0.3) is 0 Å². The molecule has 0 aliphatic rings. The summed E-state index contributed by atoms with van der Waals surface area (Å²) < 4.78 is 4.67. The number of carbonyl (C=O) groups excluding carboxylic acids is 3. The first-order valence-corrected chi connectivity index (χ1v) is 8.91. The Bertz CT molecular complexity index is 1150. The highest BCUT2D eigenvalue weighted by molar-refractivity contribution is 6.09. The smallest absolute Gasteiger partial charge is 0.337 e. The zero-order valence-electron chi connectivity index (χ0n) is 16.0. The van der Waals surface area contributed by atoms with E-state index in [1.807, 2.05) is 6.07 Å². The molecule has 0 saturated heterocycles. The lowest BCUT2D eigenvalue weighted by atomic mass is 10.1. The Morgan fingerprint density at radius 1 is 0.767 bits per heavy atom. The molecule has 2 N–H and O–H groups in total. The lowest BCUT2D eigenvalue weighted by molar-refractivity contribution is 0.0600. The molecule has 0 aromatic heterocycles. The number of rotatable bonds is 5. The summed E-state index contributed by atoms with van der Waals surface area (Å²) >= 11 is 0. The van der Waals surface area contributed by atoms with Crippen molar-refractivity contribution in [2.24, 2.45) is 0 Å². The fourth-order valence-electron chi connectivity index (χ4n) is 2.68. The minimum atomic E-state index is -0.507. The largest absolute Gasteiger partial charge is 0.465 e. The minimum absolute atomic E-state index is 0.283. The van der Waals surface area contributed by atoms with Gasteiger partial charge >= 0.3 is 5.97 Å². The van der Waals surface area contributed by atoms with Crippen LogP contribution in [0.5, 0.6) is 0 Å². The number of nitrogens with one attached hydrogen (secondary N) is 2. The lowest BCUT2D eigenvalue weighted by Crippen LogP contribution is -2.15. The first-order valence-electron chi connectivity index (χ1n) is 8.91. The molecular formula is C23H17N3O4. The van der Waals surface area contributed by atoms with Gasteiger partial charge in [-0.05, 0) is 60.7 Å². The van der Waals surface area contributed by atoms with E-state index >= 15 is 0 Å². The number of hydrogen-bond donors (Lipinski definition) is 2. The van der Waals surface area contributed by atoms with Gasteiger partial charge in [-0.2, -0.15) is 5.26 Å². The molecule has 3 aromatic rings. The highest BCUT2D eigenvalue weighted by Gasteiger charge is 2.12. The summed E-state index contributed by atoms with van der Waals surface area (Å²) in [5, 5.41) is 14.3. The van der Waals surface area contributed by atoms with Gasteiger partial charge in [-0.3, -0.25) is 9.59 Å². The Labute approximate surface area is 172 Å². The van der Waals surface area contributed by atoms with Gasteiger partial charge < -0.3 is 15.4 Å². The van der Waals surface area contributed by atoms with Gasteiger partial charge in [0, 0.05) is 22.5 Å². The molecule has 0 fully saturated rings. The molecule has 0 saturated carbocycles. The topological polar surface area (TPSA) is 108 Å². The zero-order chi connectivity index (χ0) is 21.5. The second-order valence-electron chi connectivity index (χ2n) is 6.25. The summed E-state index contributed by atoms with van der Waals surface area (Å²) in [6.07, 6.45) is 0. The van der Waals surface area contributed by atoms with Crippen LogP contribution >= 0.6 is 0 Å². The van der Waals surface area contributed by atoms with E-state index in [-0.39, 0.29) is 11.5 Å². The first-order chi connectivity index (χ1) is 14.5. The SMILES string of the molecule is COC(=O)c1cccc(NC(=O)c2cccc(C(=O)Nc3ccc(C#N)cc3)c2)c1. The number of nitriles is 1. The number of amides is 2. The van der Waals surface area contributed by atoms with Crippen molar-refractivity contribution in [3.8, 4) is 6.07 Å². The molecular weight excluding hydrogens is 382 g/mol. The zero-order valence-corrected chi connectivity index (χ0v) is 16.0. The lowest BCUT2D eigenvalue weighted by Gasteiger charge is -2.09. The molecule has 3 rings (SSSR count). The Morgan fingerprint density at radius 3 is 1.93 bits per heavy atom. The predicted octanol–water partition coefficient (Wildman–Crippen LogP) is 3.85. The maximum absolute atomic E-state index is 12.6. The van der Waals surface area contributed by atoms with Gasteiger partial charge in [0.25, 0.3) is 11.8 Å².